The Morgan fingerprint density at radius 3 is 2.12 bits per heavy atom. The summed E-state index contributed by atoms with van der Waals surface area (Å²) in [7, 11) is 0. The van der Waals surface area contributed by atoms with Crippen LogP contribution in [0, 0.1) is 5.92 Å². The van der Waals surface area contributed by atoms with Gasteiger partial charge in [0.15, 0.2) is 0 Å². The molecule has 1 rings (SSSR count). The van der Waals surface area contributed by atoms with E-state index in [4.69, 9.17) is 9.84 Å². The average molecular weight is 249 g/mol. The first-order valence-electron chi connectivity index (χ1n) is 5.01. The summed E-state index contributed by atoms with van der Waals surface area (Å²) in [5.41, 5.74) is 0.519. The van der Waals surface area contributed by atoms with Gasteiger partial charge in [0.2, 0.25) is 0 Å². The van der Waals surface area contributed by atoms with E-state index < -0.39 is 11.9 Å². The van der Waals surface area contributed by atoms with Gasteiger partial charge in [-0.3, -0.25) is 0 Å². The van der Waals surface area contributed by atoms with Crippen LogP contribution in [-0.2, 0) is 4.74 Å². The third-order valence-electron chi connectivity index (χ3n) is 1.92. The summed E-state index contributed by atoms with van der Waals surface area (Å²) in [4.78, 5) is 22.0. The van der Waals surface area contributed by atoms with E-state index in [0.717, 1.165) is 0 Å². The van der Waals surface area contributed by atoms with E-state index in [1.807, 2.05) is 13.8 Å². The summed E-state index contributed by atoms with van der Waals surface area (Å²) in [5.74, 6) is -1.16. The summed E-state index contributed by atoms with van der Waals surface area (Å²) in [5, 5.41) is 8.67. The van der Waals surface area contributed by atoms with E-state index >= 15 is 0 Å². The van der Waals surface area contributed by atoms with Gasteiger partial charge in [-0.2, -0.15) is 0 Å². The van der Waals surface area contributed by atoms with Gasteiger partial charge in [0, 0.05) is 0 Å². The van der Waals surface area contributed by atoms with Crippen LogP contribution in [0.15, 0.2) is 24.3 Å². The fraction of sp³-hybridized carbons (Fsp3) is 0.333. The number of carbonyl (C=O) groups is 2. The first-order chi connectivity index (χ1) is 7.50. The fourth-order valence-corrected chi connectivity index (χ4v) is 1.07. The molecule has 0 aliphatic carbocycles. The molecule has 0 aliphatic rings. The minimum Gasteiger partial charge on any atom is -1.00 e. The second-order valence-electron chi connectivity index (χ2n) is 3.87. The summed E-state index contributed by atoms with van der Waals surface area (Å²) in [6.45, 7) is 4.25. The van der Waals surface area contributed by atoms with Crippen molar-refractivity contribution in [2.45, 2.75) is 13.8 Å². The van der Waals surface area contributed by atoms with Crippen molar-refractivity contribution in [3.05, 3.63) is 35.4 Å². The van der Waals surface area contributed by atoms with Crippen LogP contribution in [0.2, 0.25) is 0 Å². The second-order valence-corrected chi connectivity index (χ2v) is 3.87. The van der Waals surface area contributed by atoms with Crippen LogP contribution in [0.5, 0.6) is 0 Å². The minimum absolute atomic E-state index is 0. The van der Waals surface area contributed by atoms with Crippen LogP contribution in [0.4, 0.5) is 0 Å². The minimum atomic E-state index is -1.01. The number of carboxylic acid groups (broad SMARTS) is 1. The van der Waals surface area contributed by atoms with Gasteiger partial charge in [-0.25, -0.2) is 9.59 Å². The van der Waals surface area contributed by atoms with Crippen molar-refractivity contribution < 1.29 is 22.3 Å². The molecule has 90 valence electrons. The molecule has 0 atom stereocenters. The molecule has 5 heteroatoms. The van der Waals surface area contributed by atoms with Crippen molar-refractivity contribution >= 4 is 35.0 Å². The molecule has 1 N–H and O–H groups in total. The van der Waals surface area contributed by atoms with Gasteiger partial charge in [-0.05, 0) is 30.2 Å². The Kier molecular flexibility index (Phi) is 6.83. The normalized spacial score (nSPS) is 9.59. The Morgan fingerprint density at radius 2 is 1.71 bits per heavy atom. The van der Waals surface area contributed by atoms with Crippen molar-refractivity contribution in [3.8, 4) is 0 Å². The number of ether oxygens (including phenoxy) is 1. The van der Waals surface area contributed by atoms with E-state index in [2.05, 4.69) is 0 Å². The number of benzene rings is 1. The summed E-state index contributed by atoms with van der Waals surface area (Å²) >= 11 is 0. The van der Waals surface area contributed by atoms with Crippen LogP contribution in [0.3, 0.4) is 0 Å². The third-order valence-corrected chi connectivity index (χ3v) is 1.92. The summed E-state index contributed by atoms with van der Waals surface area (Å²) < 4.78 is 5.00. The number of carbonyl (C=O) groups excluding carboxylic acids is 1. The number of hydrogen-bond donors (Lipinski definition) is 1. The standard InChI is InChI=1S/C12H14O4.Mg.2H/c1-8(2)7-16-12(15)10-5-3-9(4-6-10)11(13)14;;;/h3-6,8H,7H2,1-2H3,(H,13,14);;;/q;+2;2*-1. The van der Waals surface area contributed by atoms with Crippen molar-refractivity contribution in [1.82, 2.24) is 0 Å². The molecule has 0 spiro atoms. The molecule has 0 bridgehead atoms. The van der Waals surface area contributed by atoms with Crippen LogP contribution < -0.4 is 0 Å². The van der Waals surface area contributed by atoms with Gasteiger partial charge >= 0.3 is 35.0 Å². The van der Waals surface area contributed by atoms with Gasteiger partial charge < -0.3 is 12.7 Å². The van der Waals surface area contributed by atoms with E-state index in [1.54, 1.807) is 0 Å². The molecule has 0 fully saturated rings. The molecular weight excluding hydrogens is 232 g/mol. The topological polar surface area (TPSA) is 63.6 Å². The zero-order chi connectivity index (χ0) is 12.1. The quantitative estimate of drug-likeness (QED) is 0.654. The SMILES string of the molecule is CC(C)COC(=O)c1ccc(C(=O)O)cc1.[H-].[H-].[Mg+2]. The summed E-state index contributed by atoms with van der Waals surface area (Å²) in [6, 6.07) is 5.67. The number of hydrogen-bond acceptors (Lipinski definition) is 3. The molecule has 0 heterocycles. The maximum Gasteiger partial charge on any atom is 2.00 e. The smallest absolute Gasteiger partial charge is 1.00 e. The molecular formula is C12H16MgO4. The number of carboxylic acids is 1. The molecule has 0 saturated heterocycles. The Balaban J connectivity index is -0.000000853. The Bertz CT molecular complexity index is 393. The van der Waals surface area contributed by atoms with E-state index in [0.29, 0.717) is 12.2 Å². The molecule has 0 aromatic heterocycles. The maximum atomic E-state index is 11.5. The van der Waals surface area contributed by atoms with E-state index in [-0.39, 0.29) is 37.4 Å². The van der Waals surface area contributed by atoms with Crippen molar-refractivity contribution in [2.24, 2.45) is 5.92 Å². The predicted molar refractivity (Wildman–Crippen MR) is 66.5 cm³/mol. The van der Waals surface area contributed by atoms with Gasteiger partial charge in [0.05, 0.1) is 17.7 Å². The van der Waals surface area contributed by atoms with E-state index in [9.17, 15) is 9.59 Å². The molecule has 17 heavy (non-hydrogen) atoms. The van der Waals surface area contributed by atoms with Crippen LogP contribution >= 0.6 is 0 Å². The zero-order valence-electron chi connectivity index (χ0n) is 12.0. The Labute approximate surface area is 119 Å². The number of esters is 1. The van der Waals surface area contributed by atoms with E-state index in [1.165, 1.54) is 24.3 Å². The molecule has 0 saturated carbocycles. The van der Waals surface area contributed by atoms with Gasteiger partial charge in [-0.1, -0.05) is 13.8 Å². The molecule has 0 amide bonds. The number of rotatable bonds is 4. The van der Waals surface area contributed by atoms with Crippen molar-refractivity contribution in [1.29, 1.82) is 0 Å². The number of aromatic carboxylic acids is 1. The molecule has 4 nitrogen and oxygen atoms in total. The van der Waals surface area contributed by atoms with Gasteiger partial charge in [0.1, 0.15) is 0 Å². The molecule has 1 aromatic carbocycles. The first kappa shape index (κ1) is 15.9. The molecule has 0 radical (unpaired) electrons. The molecule has 1 aromatic rings. The monoisotopic (exact) mass is 248 g/mol. The molecule has 0 unspecified atom stereocenters. The van der Waals surface area contributed by atoms with Crippen molar-refractivity contribution in [2.75, 3.05) is 6.61 Å². The zero-order valence-corrected chi connectivity index (χ0v) is 11.4. The largest absolute Gasteiger partial charge is 2.00 e. The Morgan fingerprint density at radius 1 is 1.24 bits per heavy atom. The fourth-order valence-electron chi connectivity index (χ4n) is 1.07. The predicted octanol–water partition coefficient (Wildman–Crippen LogP) is 2.04. The van der Waals surface area contributed by atoms with Crippen LogP contribution in [0.1, 0.15) is 37.4 Å². The Hall–Kier alpha value is -1.07. The second kappa shape index (κ2) is 7.29. The maximum absolute atomic E-state index is 11.5. The summed E-state index contributed by atoms with van der Waals surface area (Å²) in [6.07, 6.45) is 0. The molecule has 0 aliphatic heterocycles. The average Bonchev–Trinajstić information content (AvgIpc) is 2.26. The van der Waals surface area contributed by atoms with Gasteiger partial charge in [0.25, 0.3) is 0 Å². The van der Waals surface area contributed by atoms with Crippen LogP contribution in [-0.4, -0.2) is 46.7 Å². The third kappa shape index (κ3) is 5.19. The first-order valence-corrected chi connectivity index (χ1v) is 5.01. The van der Waals surface area contributed by atoms with Crippen molar-refractivity contribution in [3.63, 3.8) is 0 Å². The van der Waals surface area contributed by atoms with Gasteiger partial charge in [-0.15, -0.1) is 0 Å². The van der Waals surface area contributed by atoms with Crippen LogP contribution in [0.25, 0.3) is 0 Å².